The summed E-state index contributed by atoms with van der Waals surface area (Å²) in [6.45, 7) is 3.58. The molecule has 0 atom stereocenters. The van der Waals surface area contributed by atoms with Crippen molar-refractivity contribution in [1.29, 1.82) is 0 Å². The minimum Gasteiger partial charge on any atom is -0.320 e. The Hall–Kier alpha value is -1.43. The van der Waals surface area contributed by atoms with Crippen LogP contribution in [-0.4, -0.2) is 63.0 Å². The molecule has 1 aromatic heterocycles. The third-order valence-electron chi connectivity index (χ3n) is 4.29. The van der Waals surface area contributed by atoms with Crippen LogP contribution in [0.3, 0.4) is 0 Å². The van der Waals surface area contributed by atoms with Gasteiger partial charge in [-0.3, -0.25) is 4.90 Å². The fourth-order valence-electron chi connectivity index (χ4n) is 3.18. The lowest BCUT2D eigenvalue weighted by molar-refractivity contribution is 0.0900. The average Bonchev–Trinajstić information content (AvgIpc) is 3.02. The maximum Gasteiger partial charge on any atom is 0.346 e. The molecule has 0 N–H and O–H groups in total. The number of hydrogen-bond donors (Lipinski definition) is 0. The summed E-state index contributed by atoms with van der Waals surface area (Å²) in [5.74, 6) is 0. The minimum atomic E-state index is -0.0548. The van der Waals surface area contributed by atoms with Crippen LogP contribution < -0.4 is 0 Å². The van der Waals surface area contributed by atoms with Gasteiger partial charge < -0.3 is 4.90 Å². The lowest BCUT2D eigenvalue weighted by atomic mass is 9.94. The van der Waals surface area contributed by atoms with E-state index in [1.165, 1.54) is 43.0 Å². The summed E-state index contributed by atoms with van der Waals surface area (Å²) >= 11 is 0. The van der Waals surface area contributed by atoms with Crippen LogP contribution in [0.1, 0.15) is 32.1 Å². The fraction of sp³-hybridized carbons (Fsp3) is 0.769. The van der Waals surface area contributed by atoms with Gasteiger partial charge in [-0.05, 0) is 12.8 Å². The smallest absolute Gasteiger partial charge is 0.320 e. The van der Waals surface area contributed by atoms with E-state index in [2.05, 4.69) is 15.2 Å². The molecule has 0 bridgehead atoms. The van der Waals surface area contributed by atoms with Crippen molar-refractivity contribution in [3.05, 3.63) is 12.4 Å². The second-order valence-electron chi connectivity index (χ2n) is 5.45. The second kappa shape index (κ2) is 5.69. The normalized spacial score (nSPS) is 22.6. The summed E-state index contributed by atoms with van der Waals surface area (Å²) < 4.78 is 1.32. The van der Waals surface area contributed by atoms with Gasteiger partial charge in [-0.2, -0.15) is 4.68 Å². The van der Waals surface area contributed by atoms with Crippen molar-refractivity contribution in [2.45, 2.75) is 38.1 Å². The zero-order valence-corrected chi connectivity index (χ0v) is 11.2. The van der Waals surface area contributed by atoms with Gasteiger partial charge >= 0.3 is 6.03 Å². The lowest BCUT2D eigenvalue weighted by Gasteiger charge is -2.40. The van der Waals surface area contributed by atoms with E-state index in [9.17, 15) is 4.79 Å². The molecule has 2 aliphatic rings. The maximum absolute atomic E-state index is 12.1. The summed E-state index contributed by atoms with van der Waals surface area (Å²) in [6.07, 6.45) is 9.92. The van der Waals surface area contributed by atoms with Crippen molar-refractivity contribution in [3.8, 4) is 0 Å². The molecule has 1 aromatic rings. The van der Waals surface area contributed by atoms with Gasteiger partial charge in [-0.1, -0.05) is 24.5 Å². The topological polar surface area (TPSA) is 54.3 Å². The highest BCUT2D eigenvalue weighted by molar-refractivity contribution is 5.75. The molecule has 6 nitrogen and oxygen atoms in total. The first-order valence-electron chi connectivity index (χ1n) is 7.24. The minimum absolute atomic E-state index is 0.0548. The van der Waals surface area contributed by atoms with Crippen LogP contribution in [0, 0.1) is 0 Å². The first kappa shape index (κ1) is 12.6. The molecule has 0 radical (unpaired) electrons. The van der Waals surface area contributed by atoms with Crippen molar-refractivity contribution in [3.63, 3.8) is 0 Å². The third kappa shape index (κ3) is 2.78. The average molecular weight is 263 g/mol. The fourth-order valence-corrected chi connectivity index (χ4v) is 3.18. The van der Waals surface area contributed by atoms with Gasteiger partial charge in [-0.15, -0.1) is 5.10 Å². The van der Waals surface area contributed by atoms with Crippen molar-refractivity contribution in [2.75, 3.05) is 26.2 Å². The number of hydrogen-bond acceptors (Lipinski definition) is 4. The number of amides is 1. The van der Waals surface area contributed by atoms with Crippen molar-refractivity contribution >= 4 is 6.03 Å². The summed E-state index contributed by atoms with van der Waals surface area (Å²) in [7, 11) is 0. The number of nitrogens with zero attached hydrogens (tertiary/aromatic N) is 5. The van der Waals surface area contributed by atoms with Gasteiger partial charge in [0.2, 0.25) is 0 Å². The molecule has 0 aromatic carbocycles. The van der Waals surface area contributed by atoms with Gasteiger partial charge in [-0.25, -0.2) is 4.79 Å². The molecule has 1 aliphatic carbocycles. The van der Waals surface area contributed by atoms with Crippen LogP contribution in [0.5, 0.6) is 0 Å². The monoisotopic (exact) mass is 263 g/mol. The Morgan fingerprint density at radius 3 is 2.42 bits per heavy atom. The highest BCUT2D eigenvalue weighted by atomic mass is 16.2. The highest BCUT2D eigenvalue weighted by Crippen LogP contribution is 2.23. The molecule has 2 fully saturated rings. The highest BCUT2D eigenvalue weighted by Gasteiger charge is 2.27. The van der Waals surface area contributed by atoms with Gasteiger partial charge in [0, 0.05) is 32.2 Å². The van der Waals surface area contributed by atoms with Gasteiger partial charge in [0.25, 0.3) is 0 Å². The molecule has 104 valence electrons. The predicted molar refractivity (Wildman–Crippen MR) is 70.8 cm³/mol. The Labute approximate surface area is 113 Å². The molecule has 1 amide bonds. The Kier molecular flexibility index (Phi) is 3.77. The van der Waals surface area contributed by atoms with Gasteiger partial charge in [0.15, 0.2) is 0 Å². The van der Waals surface area contributed by atoms with E-state index >= 15 is 0 Å². The Morgan fingerprint density at radius 1 is 1.05 bits per heavy atom. The summed E-state index contributed by atoms with van der Waals surface area (Å²) in [6, 6.07) is 0.693. The molecule has 0 unspecified atom stereocenters. The summed E-state index contributed by atoms with van der Waals surface area (Å²) in [4.78, 5) is 16.5. The third-order valence-corrected chi connectivity index (χ3v) is 4.29. The second-order valence-corrected chi connectivity index (χ2v) is 5.45. The molecule has 0 spiro atoms. The van der Waals surface area contributed by atoms with Crippen LogP contribution in [-0.2, 0) is 0 Å². The van der Waals surface area contributed by atoms with Crippen LogP contribution in [0.25, 0.3) is 0 Å². The van der Waals surface area contributed by atoms with E-state index in [0.29, 0.717) is 0 Å². The Balaban J connectivity index is 1.53. The number of piperazine rings is 1. The van der Waals surface area contributed by atoms with Crippen molar-refractivity contribution in [1.82, 2.24) is 24.8 Å². The standard InChI is InChI=1S/C13H21N5O/c19-13(18-7-6-14-15-18)17-10-8-16(9-11-17)12-4-2-1-3-5-12/h6-7,12H,1-5,8-11H2. The zero-order valence-electron chi connectivity index (χ0n) is 11.2. The largest absolute Gasteiger partial charge is 0.346 e. The molecular weight excluding hydrogens is 242 g/mol. The van der Waals surface area contributed by atoms with Crippen molar-refractivity contribution < 1.29 is 4.79 Å². The molecular formula is C13H21N5O. The van der Waals surface area contributed by atoms with E-state index in [0.717, 1.165) is 32.2 Å². The SMILES string of the molecule is O=C(N1CCN(C2CCCCC2)CC1)n1ccnn1. The molecule has 6 heteroatoms. The first-order valence-corrected chi connectivity index (χ1v) is 7.24. The quantitative estimate of drug-likeness (QED) is 0.764. The zero-order chi connectivity index (χ0) is 13.1. The molecule has 19 heavy (non-hydrogen) atoms. The first-order chi connectivity index (χ1) is 9.34. The summed E-state index contributed by atoms with van der Waals surface area (Å²) in [5, 5.41) is 7.44. The molecule has 2 heterocycles. The molecule has 3 rings (SSSR count). The number of rotatable bonds is 1. The van der Waals surface area contributed by atoms with Crippen LogP contribution in [0.2, 0.25) is 0 Å². The van der Waals surface area contributed by atoms with Gasteiger partial charge in [0.1, 0.15) is 0 Å². The van der Waals surface area contributed by atoms with E-state index in [1.54, 1.807) is 6.20 Å². The number of carbonyl (C=O) groups excluding carboxylic acids is 1. The van der Waals surface area contributed by atoms with Crippen LogP contribution >= 0.6 is 0 Å². The van der Waals surface area contributed by atoms with E-state index in [-0.39, 0.29) is 6.03 Å². The van der Waals surface area contributed by atoms with Crippen LogP contribution in [0.15, 0.2) is 12.4 Å². The van der Waals surface area contributed by atoms with E-state index in [1.807, 2.05) is 4.90 Å². The molecule has 1 aliphatic heterocycles. The molecule has 1 saturated carbocycles. The Bertz CT molecular complexity index is 405. The van der Waals surface area contributed by atoms with E-state index < -0.39 is 0 Å². The molecule has 1 saturated heterocycles. The predicted octanol–water partition coefficient (Wildman–Crippen LogP) is 1.20. The Morgan fingerprint density at radius 2 is 1.79 bits per heavy atom. The summed E-state index contributed by atoms with van der Waals surface area (Å²) in [5.41, 5.74) is 0. The van der Waals surface area contributed by atoms with E-state index in [4.69, 9.17) is 0 Å². The van der Waals surface area contributed by atoms with Crippen molar-refractivity contribution in [2.24, 2.45) is 0 Å². The number of aromatic nitrogens is 3. The van der Waals surface area contributed by atoms with Crippen LogP contribution in [0.4, 0.5) is 4.79 Å². The van der Waals surface area contributed by atoms with Gasteiger partial charge in [0.05, 0.1) is 12.4 Å². The lowest BCUT2D eigenvalue weighted by Crippen LogP contribution is -2.53. The number of carbonyl (C=O) groups is 1. The maximum atomic E-state index is 12.1.